The van der Waals surface area contributed by atoms with Crippen LogP contribution in [0.2, 0.25) is 0 Å². The Kier molecular flexibility index (Phi) is 5.39. The SMILES string of the molecule is CC(=O)O[C@@H]1CC[C@@]2(C)[C@@H](CC[C@H]3[C@H]2CC[C@]2(C)C(/C=C\c4ccccc4)=CC[C@H]32)C1. The molecule has 0 saturated heterocycles. The highest BCUT2D eigenvalue weighted by Gasteiger charge is 2.58. The monoisotopic (exact) mass is 418 g/mol. The van der Waals surface area contributed by atoms with Crippen LogP contribution in [0, 0.1) is 34.5 Å². The maximum Gasteiger partial charge on any atom is 0.302 e. The molecule has 7 atom stereocenters. The van der Waals surface area contributed by atoms with E-state index in [4.69, 9.17) is 4.74 Å². The summed E-state index contributed by atoms with van der Waals surface area (Å²) in [6.07, 6.45) is 17.4. The van der Waals surface area contributed by atoms with E-state index in [0.29, 0.717) is 10.8 Å². The third-order valence-electron chi connectivity index (χ3n) is 9.85. The number of hydrogen-bond donors (Lipinski definition) is 0. The average Bonchev–Trinajstić information content (AvgIpc) is 3.09. The number of rotatable bonds is 3. The molecule has 0 radical (unpaired) electrons. The summed E-state index contributed by atoms with van der Waals surface area (Å²) >= 11 is 0. The predicted octanol–water partition coefficient (Wildman–Crippen LogP) is 7.21. The van der Waals surface area contributed by atoms with Gasteiger partial charge >= 0.3 is 5.97 Å². The number of carbonyl (C=O) groups excluding carboxylic acids is 1. The van der Waals surface area contributed by atoms with E-state index in [1.165, 1.54) is 44.1 Å². The van der Waals surface area contributed by atoms with Crippen LogP contribution in [-0.4, -0.2) is 12.1 Å². The van der Waals surface area contributed by atoms with E-state index in [1.54, 1.807) is 12.5 Å². The molecule has 0 aromatic heterocycles. The highest BCUT2D eigenvalue weighted by molar-refractivity contribution is 5.66. The Morgan fingerprint density at radius 3 is 2.58 bits per heavy atom. The lowest BCUT2D eigenvalue weighted by Gasteiger charge is -2.60. The number of ether oxygens (including phenoxy) is 1. The molecule has 4 aliphatic rings. The van der Waals surface area contributed by atoms with Crippen molar-refractivity contribution in [2.75, 3.05) is 0 Å². The van der Waals surface area contributed by atoms with Gasteiger partial charge in [0.1, 0.15) is 6.10 Å². The minimum Gasteiger partial charge on any atom is -0.463 e. The van der Waals surface area contributed by atoms with Gasteiger partial charge in [-0.2, -0.15) is 0 Å². The number of allylic oxidation sites excluding steroid dienone is 3. The highest BCUT2D eigenvalue weighted by Crippen LogP contribution is 2.66. The van der Waals surface area contributed by atoms with Crippen molar-refractivity contribution in [3.05, 3.63) is 53.6 Å². The third-order valence-corrected chi connectivity index (χ3v) is 9.85. The van der Waals surface area contributed by atoms with Gasteiger partial charge in [0.25, 0.3) is 0 Å². The molecule has 0 bridgehead atoms. The average molecular weight is 419 g/mol. The Bertz CT molecular complexity index is 883. The maximum absolute atomic E-state index is 11.5. The molecular weight excluding hydrogens is 380 g/mol. The Morgan fingerprint density at radius 1 is 1.00 bits per heavy atom. The molecule has 0 unspecified atom stereocenters. The summed E-state index contributed by atoms with van der Waals surface area (Å²) in [7, 11) is 0. The fraction of sp³-hybridized carbons (Fsp3) is 0.621. The first-order valence-electron chi connectivity index (χ1n) is 12.5. The van der Waals surface area contributed by atoms with E-state index < -0.39 is 0 Å². The minimum absolute atomic E-state index is 0.108. The molecule has 166 valence electrons. The van der Waals surface area contributed by atoms with Crippen molar-refractivity contribution in [1.29, 1.82) is 0 Å². The van der Waals surface area contributed by atoms with Crippen molar-refractivity contribution < 1.29 is 9.53 Å². The molecule has 4 aliphatic carbocycles. The van der Waals surface area contributed by atoms with Gasteiger partial charge in [-0.1, -0.05) is 62.4 Å². The Balaban J connectivity index is 1.32. The Morgan fingerprint density at radius 2 is 1.81 bits per heavy atom. The first kappa shape index (κ1) is 21.0. The number of carbonyl (C=O) groups is 1. The van der Waals surface area contributed by atoms with Crippen molar-refractivity contribution in [1.82, 2.24) is 0 Å². The van der Waals surface area contributed by atoms with Gasteiger partial charge in [0.2, 0.25) is 0 Å². The zero-order valence-corrected chi connectivity index (χ0v) is 19.5. The standard InChI is InChI=1S/C29H38O2/c1-20(30)31-24-15-17-29(3)23(19-24)11-13-25-26-14-12-22(28(26,2)18-16-27(25)29)10-9-21-7-5-4-6-8-21/h4-10,12,23-27H,11,13-19H2,1-3H3/b10-9-/t23-,24+,25+,26+,27+,28+,29-/m0/s1. The molecule has 0 N–H and O–H groups in total. The van der Waals surface area contributed by atoms with Crippen molar-refractivity contribution >= 4 is 12.0 Å². The summed E-state index contributed by atoms with van der Waals surface area (Å²) in [6, 6.07) is 10.7. The number of hydrogen-bond acceptors (Lipinski definition) is 2. The van der Waals surface area contributed by atoms with Crippen LogP contribution < -0.4 is 0 Å². The van der Waals surface area contributed by atoms with Gasteiger partial charge in [-0.25, -0.2) is 0 Å². The van der Waals surface area contributed by atoms with Gasteiger partial charge < -0.3 is 4.74 Å². The zero-order chi connectivity index (χ0) is 21.6. The number of esters is 1. The van der Waals surface area contributed by atoms with Gasteiger partial charge in [0.05, 0.1) is 0 Å². The Labute approximate surface area is 188 Å². The van der Waals surface area contributed by atoms with Crippen molar-refractivity contribution in [3.8, 4) is 0 Å². The van der Waals surface area contributed by atoms with E-state index in [9.17, 15) is 4.79 Å². The van der Waals surface area contributed by atoms with Crippen LogP contribution in [-0.2, 0) is 9.53 Å². The van der Waals surface area contributed by atoms with Gasteiger partial charge in [-0.3, -0.25) is 4.79 Å². The van der Waals surface area contributed by atoms with Crippen LogP contribution >= 0.6 is 0 Å². The maximum atomic E-state index is 11.5. The quantitative estimate of drug-likeness (QED) is 0.485. The van der Waals surface area contributed by atoms with Crippen LogP contribution in [0.4, 0.5) is 0 Å². The summed E-state index contributed by atoms with van der Waals surface area (Å²) < 4.78 is 5.63. The number of benzene rings is 1. The second-order valence-corrected chi connectivity index (χ2v) is 11.3. The molecule has 2 nitrogen and oxygen atoms in total. The van der Waals surface area contributed by atoms with E-state index in [2.05, 4.69) is 62.4 Å². The second-order valence-electron chi connectivity index (χ2n) is 11.3. The summed E-state index contributed by atoms with van der Waals surface area (Å²) in [6.45, 7) is 6.69. The molecule has 1 aromatic carbocycles. The summed E-state index contributed by atoms with van der Waals surface area (Å²) in [4.78, 5) is 11.5. The lowest BCUT2D eigenvalue weighted by atomic mass is 9.44. The third kappa shape index (κ3) is 3.60. The fourth-order valence-electron chi connectivity index (χ4n) is 8.17. The van der Waals surface area contributed by atoms with E-state index in [1.807, 2.05) is 0 Å². The topological polar surface area (TPSA) is 26.3 Å². The van der Waals surface area contributed by atoms with Crippen LogP contribution in [0.5, 0.6) is 0 Å². The highest BCUT2D eigenvalue weighted by atomic mass is 16.5. The normalized spacial score (nSPS) is 41.8. The molecule has 3 saturated carbocycles. The fourth-order valence-corrected chi connectivity index (χ4v) is 8.17. The van der Waals surface area contributed by atoms with Crippen LogP contribution in [0.1, 0.15) is 77.7 Å². The van der Waals surface area contributed by atoms with Crippen LogP contribution in [0.25, 0.3) is 6.08 Å². The van der Waals surface area contributed by atoms with Crippen molar-refractivity contribution in [3.63, 3.8) is 0 Å². The largest absolute Gasteiger partial charge is 0.463 e. The molecule has 3 fully saturated rings. The summed E-state index contributed by atoms with van der Waals surface area (Å²) in [5.41, 5.74) is 3.64. The smallest absolute Gasteiger partial charge is 0.302 e. The lowest BCUT2D eigenvalue weighted by molar-refractivity contribution is -0.158. The minimum atomic E-state index is -0.108. The van der Waals surface area contributed by atoms with E-state index in [-0.39, 0.29) is 12.1 Å². The molecule has 0 aliphatic heterocycles. The van der Waals surface area contributed by atoms with E-state index >= 15 is 0 Å². The lowest BCUT2D eigenvalue weighted by Crippen LogP contribution is -2.53. The summed E-state index contributed by atoms with van der Waals surface area (Å²) in [5, 5.41) is 0. The van der Waals surface area contributed by atoms with Crippen LogP contribution in [0.3, 0.4) is 0 Å². The molecule has 0 heterocycles. The molecule has 31 heavy (non-hydrogen) atoms. The Hall–Kier alpha value is -1.83. The first-order valence-corrected chi connectivity index (χ1v) is 12.5. The molecule has 0 spiro atoms. The predicted molar refractivity (Wildman–Crippen MR) is 126 cm³/mol. The van der Waals surface area contributed by atoms with Crippen molar-refractivity contribution in [2.24, 2.45) is 34.5 Å². The first-order chi connectivity index (χ1) is 14.9. The van der Waals surface area contributed by atoms with Gasteiger partial charge in [-0.05, 0) is 97.0 Å². The second kappa shape index (κ2) is 7.94. The summed E-state index contributed by atoms with van der Waals surface area (Å²) in [5.74, 6) is 3.11. The molecule has 1 aromatic rings. The van der Waals surface area contributed by atoms with Crippen LogP contribution in [0.15, 0.2) is 48.1 Å². The molecule has 2 heteroatoms. The number of fused-ring (bicyclic) bond motifs is 5. The zero-order valence-electron chi connectivity index (χ0n) is 19.5. The molecule has 5 rings (SSSR count). The van der Waals surface area contributed by atoms with E-state index in [0.717, 1.165) is 36.5 Å². The van der Waals surface area contributed by atoms with Gasteiger partial charge in [0.15, 0.2) is 0 Å². The van der Waals surface area contributed by atoms with Gasteiger partial charge in [0, 0.05) is 6.92 Å². The van der Waals surface area contributed by atoms with Crippen molar-refractivity contribution in [2.45, 2.75) is 78.2 Å². The molecular formula is C29H38O2. The van der Waals surface area contributed by atoms with Gasteiger partial charge in [-0.15, -0.1) is 0 Å². The molecule has 0 amide bonds.